The van der Waals surface area contributed by atoms with Gasteiger partial charge in [0.2, 0.25) is 0 Å². The van der Waals surface area contributed by atoms with E-state index in [-0.39, 0.29) is 41.2 Å². The van der Waals surface area contributed by atoms with E-state index < -0.39 is 0 Å². The first-order chi connectivity index (χ1) is 71.7. The molecule has 0 fully saturated rings. The van der Waals surface area contributed by atoms with Gasteiger partial charge < -0.3 is 27.0 Å². The van der Waals surface area contributed by atoms with E-state index >= 15 is 0 Å². The summed E-state index contributed by atoms with van der Waals surface area (Å²) >= 11 is 3.47. The normalized spacial score (nSPS) is 12.9. The fourth-order valence-electron chi connectivity index (χ4n) is 22.2. The molecular formula is C130H82N6O3S2. The van der Waals surface area contributed by atoms with Gasteiger partial charge in [-0.25, -0.2) is 0 Å². The van der Waals surface area contributed by atoms with Crippen LogP contribution in [0.4, 0.5) is 0 Å². The third kappa shape index (κ3) is 13.3. The zero-order valence-corrected chi connectivity index (χ0v) is 77.8. The Hall–Kier alpha value is -17.9. The van der Waals surface area contributed by atoms with Gasteiger partial charge >= 0.3 is 0 Å². The molecule has 11 heterocycles. The van der Waals surface area contributed by atoms with Gasteiger partial charge in [-0.2, -0.15) is 0 Å². The molecule has 0 bridgehead atoms. The van der Waals surface area contributed by atoms with E-state index in [1.807, 2.05) is 85.3 Å². The highest BCUT2D eigenvalue weighted by atomic mass is 32.1. The summed E-state index contributed by atoms with van der Waals surface area (Å²) in [6, 6.07) is 140. The lowest BCUT2D eigenvalue weighted by Crippen LogP contribution is -2.16. The van der Waals surface area contributed by atoms with Gasteiger partial charge in [-0.15, -0.1) is 22.7 Å². The first-order valence-electron chi connectivity index (χ1n) is 49.9. The average molecular weight is 1850 g/mol. The van der Waals surface area contributed by atoms with E-state index in [0.29, 0.717) is 5.56 Å². The van der Waals surface area contributed by atoms with Gasteiger partial charge in [-0.3, -0.25) is 15.0 Å². The molecule has 1 aliphatic rings. The molecule has 0 saturated carbocycles. The van der Waals surface area contributed by atoms with E-state index in [1.165, 1.54) is 60.2 Å². The first-order valence-corrected chi connectivity index (χ1v) is 49.1. The molecule has 0 saturated heterocycles. The van der Waals surface area contributed by atoms with E-state index in [1.54, 1.807) is 28.9 Å². The molecule has 0 unspecified atom stereocenters. The molecule has 9 nitrogen and oxygen atoms in total. The number of thiophene rings is 2. The van der Waals surface area contributed by atoms with Crippen molar-refractivity contribution in [3.05, 3.63) is 472 Å². The molecule has 0 spiro atoms. The van der Waals surface area contributed by atoms with Crippen LogP contribution in [0.2, 0.25) is 0 Å². The average Bonchev–Trinajstić information content (AvgIpc) is 1.55. The number of rotatable bonds is 11. The zero-order valence-electron chi connectivity index (χ0n) is 81.2. The van der Waals surface area contributed by atoms with Gasteiger partial charge in [0, 0.05) is 137 Å². The molecule has 30 rings (SSSR count). The van der Waals surface area contributed by atoms with Crippen LogP contribution in [0, 0.1) is 0 Å². The topological polar surface area (TPSA) is 92.9 Å². The smallest absolute Gasteiger partial charge is 0.145 e. The molecule has 11 aromatic heterocycles. The van der Waals surface area contributed by atoms with Crippen LogP contribution in [0.3, 0.4) is 0 Å². The van der Waals surface area contributed by atoms with Gasteiger partial charge in [0.1, 0.15) is 27.9 Å². The molecule has 0 N–H and O–H groups in total. The van der Waals surface area contributed by atoms with Crippen LogP contribution in [0.15, 0.2) is 474 Å². The molecule has 11 heteroatoms. The van der Waals surface area contributed by atoms with E-state index in [4.69, 9.17) is 35.1 Å². The number of aromatic nitrogens is 6. The minimum absolute atomic E-state index is 0.195. The van der Waals surface area contributed by atoms with Crippen molar-refractivity contribution < 1.29 is 20.1 Å². The Morgan fingerprint density at radius 3 is 1.47 bits per heavy atom. The second kappa shape index (κ2) is 32.7. The maximum Gasteiger partial charge on any atom is 0.145 e. The van der Waals surface area contributed by atoms with Crippen LogP contribution in [0.25, 0.3) is 268 Å². The summed E-state index contributed by atoms with van der Waals surface area (Å²) in [6.45, 7) is 4.67. The van der Waals surface area contributed by atoms with Gasteiger partial charge in [-0.1, -0.05) is 275 Å². The molecule has 0 atom stereocenters. The fraction of sp³-hybridized carbons (Fsp3) is 0.0231. The second-order valence-corrected chi connectivity index (χ2v) is 38.8. The Morgan fingerprint density at radius 1 is 0.284 bits per heavy atom. The van der Waals surface area contributed by atoms with Crippen molar-refractivity contribution >= 4 is 173 Å². The van der Waals surface area contributed by atoms with E-state index in [0.717, 1.165) is 208 Å². The second-order valence-electron chi connectivity index (χ2n) is 36.8. The van der Waals surface area contributed by atoms with Gasteiger partial charge in [0.25, 0.3) is 0 Å². The molecule has 662 valence electrons. The molecule has 0 aliphatic heterocycles. The summed E-state index contributed by atoms with van der Waals surface area (Å²) in [7, 11) is 0. The van der Waals surface area contributed by atoms with Crippen molar-refractivity contribution in [3.63, 3.8) is 0 Å². The van der Waals surface area contributed by atoms with Crippen molar-refractivity contribution in [1.29, 1.82) is 0 Å². The van der Waals surface area contributed by atoms with Crippen LogP contribution < -0.4 is 0 Å². The van der Waals surface area contributed by atoms with Gasteiger partial charge in [-0.05, 0) is 253 Å². The van der Waals surface area contributed by atoms with E-state index in [2.05, 4.69) is 367 Å². The summed E-state index contributed by atoms with van der Waals surface area (Å²) in [6.07, 6.45) is 7.40. The number of benzene rings is 18. The highest BCUT2D eigenvalue weighted by Gasteiger charge is 2.39. The number of furan rings is 3. The monoisotopic (exact) mass is 1840 g/mol. The van der Waals surface area contributed by atoms with Crippen molar-refractivity contribution in [2.75, 3.05) is 0 Å². The molecule has 0 amide bonds. The minimum Gasteiger partial charge on any atom is -0.464 e. The maximum atomic E-state index is 8.63. The number of nitrogens with zero attached hydrogens (tertiary/aromatic N) is 6. The van der Waals surface area contributed by atoms with Gasteiger partial charge in [0.05, 0.1) is 74.1 Å². The molecule has 18 aromatic carbocycles. The molecule has 1 aliphatic carbocycles. The Morgan fingerprint density at radius 2 is 0.794 bits per heavy atom. The summed E-state index contributed by atoms with van der Waals surface area (Å²) < 4.78 is 71.4. The van der Waals surface area contributed by atoms with Crippen LogP contribution in [-0.2, 0) is 5.41 Å². The first kappa shape index (κ1) is 76.3. The van der Waals surface area contributed by atoms with E-state index in [9.17, 15) is 0 Å². The number of fused-ring (bicyclic) bond motifs is 26. The van der Waals surface area contributed by atoms with Gasteiger partial charge in [0.15, 0.2) is 0 Å². The zero-order chi connectivity index (χ0) is 97.4. The molecule has 141 heavy (non-hydrogen) atoms. The summed E-state index contributed by atoms with van der Waals surface area (Å²) in [5, 5.41) is 18.1. The van der Waals surface area contributed by atoms with Crippen LogP contribution in [0.1, 0.15) is 31.8 Å². The highest BCUT2D eigenvalue weighted by Crippen LogP contribution is 2.56. The maximum absolute atomic E-state index is 8.63. The standard InChI is InChI=1S/C50H34N2S.C43H26N2O2.C37H22N2OS/c1-50(2)42-18-10-9-17-36(42)41-28-34(43-19-11-12-26-51-43)27-40(48(41)50)33-21-23-39-45(29-33)52(35-15-7-4-8-16-35)44-25-24-38-37-22-20-32(31-13-5-3-6-14-31)30-46(37)53-49(38)47(39)44;1-3-8-27(9-4-1)29-15-19-40-36(24-29)34-17-18-38-41(43(34)47-40)35-16-14-31(26-39(35)45(38)32-11-5-2-6-12-32)37-25-30(20-22-44-37)33-13-7-10-28-21-23-46-42(28)33;1-2-8-26(9-3-1)39-32-16-15-29-28-10-4-5-12-34(28)40-36(29)35(32)30-14-13-25(22-33(30)39)31-21-24(17-19-38-31)27-11-6-7-23-18-20-41-37(23)27/h3-30H,1-2H3;1-26H;1-22H/i3D,5D,6D,13D,14D;;. The highest BCUT2D eigenvalue weighted by molar-refractivity contribution is 7.26. The molecular weight excluding hydrogens is 1760 g/mol. The molecule has 0 radical (unpaired) electrons. The van der Waals surface area contributed by atoms with Crippen molar-refractivity contribution in [3.8, 4) is 118 Å². The van der Waals surface area contributed by atoms with Crippen LogP contribution in [0.5, 0.6) is 0 Å². The number of hydrogen-bond acceptors (Lipinski definition) is 8. The lowest BCUT2D eigenvalue weighted by Gasteiger charge is -2.25. The third-order valence-corrected chi connectivity index (χ3v) is 30.7. The van der Waals surface area contributed by atoms with Crippen molar-refractivity contribution in [1.82, 2.24) is 28.7 Å². The van der Waals surface area contributed by atoms with Crippen molar-refractivity contribution in [2.24, 2.45) is 0 Å². The Kier molecular flexibility index (Phi) is 17.7. The Bertz CT molecular complexity index is 10400. The fourth-order valence-corrected chi connectivity index (χ4v) is 24.4. The predicted octanol–water partition coefficient (Wildman–Crippen LogP) is 36.3. The number of para-hydroxylation sites is 5. The number of pyridine rings is 3. The van der Waals surface area contributed by atoms with Crippen LogP contribution >= 0.6 is 22.7 Å². The SMILES string of the molecule is [2H]c1c([2H])c([2H])c(-c2ccc3c(c2)sc2c3ccc3c2c2ccc(-c4cc(-c5ccccn5)cc5c4C(C)(C)c4ccccc4-5)cc2n3-c2ccccc2)c([2H])c1[2H].c1ccc(-c2ccc3oc4c(ccc5c4c4ccc(-c6cc(-c7cccc8ccoc78)ccn6)cc4n5-c4ccccc4)c3c2)cc1.c1ccc(-n2c3cc(-c4cc(-c5cccc6ccsc56)ccn4)ccc3c3c4oc5ccccc5c4ccc32)cc1. The predicted molar refractivity (Wildman–Crippen MR) is 589 cm³/mol. The van der Waals surface area contributed by atoms with Crippen LogP contribution in [-0.4, -0.2) is 28.7 Å². The Balaban J connectivity index is 0.000000108. The Labute approximate surface area is 824 Å². The largest absolute Gasteiger partial charge is 0.464 e. The lowest BCUT2D eigenvalue weighted by molar-refractivity contribution is 0.617. The number of hydrogen-bond donors (Lipinski definition) is 0. The quantitative estimate of drug-likeness (QED) is 0.128. The summed E-state index contributed by atoms with van der Waals surface area (Å²) in [4.78, 5) is 14.4. The van der Waals surface area contributed by atoms with Crippen molar-refractivity contribution in [2.45, 2.75) is 19.3 Å². The molecule has 29 aromatic rings. The lowest BCUT2D eigenvalue weighted by atomic mass is 9.78. The summed E-state index contributed by atoms with van der Waals surface area (Å²) in [5.74, 6) is 0. The summed E-state index contributed by atoms with van der Waals surface area (Å²) in [5.41, 5.74) is 35.5. The minimum atomic E-state index is -0.388. The third-order valence-electron chi connectivity index (χ3n) is 28.6.